The van der Waals surface area contributed by atoms with Gasteiger partial charge in [0.15, 0.2) is 0 Å². The van der Waals surface area contributed by atoms with Crippen LogP contribution in [0.2, 0.25) is 0 Å². The van der Waals surface area contributed by atoms with E-state index in [1.807, 2.05) is 0 Å². The highest BCUT2D eigenvalue weighted by molar-refractivity contribution is 4.90. The first-order valence-electron chi connectivity index (χ1n) is 5.96. The van der Waals surface area contributed by atoms with Gasteiger partial charge in [-0.3, -0.25) is 0 Å². The molecule has 0 N–H and O–H groups in total. The quantitative estimate of drug-likeness (QED) is 0.616. The summed E-state index contributed by atoms with van der Waals surface area (Å²) in [7, 11) is 0. The van der Waals surface area contributed by atoms with Crippen molar-refractivity contribution in [3.8, 4) is 0 Å². The van der Waals surface area contributed by atoms with Crippen LogP contribution in [0.1, 0.15) is 48.0 Å². The van der Waals surface area contributed by atoms with Gasteiger partial charge in [-0.15, -0.1) is 0 Å². The molecule has 90 valence electrons. The largest absolute Gasteiger partial charge is 0.375 e. The van der Waals surface area contributed by atoms with Crippen LogP contribution in [0.3, 0.4) is 0 Å². The zero-order valence-corrected chi connectivity index (χ0v) is 11.1. The fraction of sp³-hybridized carbons (Fsp3) is 1.00. The highest BCUT2D eigenvalue weighted by Crippen LogP contribution is 2.36. The Morgan fingerprint density at radius 1 is 0.733 bits per heavy atom. The summed E-state index contributed by atoms with van der Waals surface area (Å²) in [5.41, 5.74) is 0.282. The third-order valence-corrected chi connectivity index (χ3v) is 2.87. The minimum absolute atomic E-state index is 0.141. The number of ether oxygens (including phenoxy) is 2. The topological polar surface area (TPSA) is 18.5 Å². The molecule has 0 bridgehead atoms. The van der Waals surface area contributed by atoms with Crippen molar-refractivity contribution in [2.24, 2.45) is 10.8 Å². The van der Waals surface area contributed by atoms with Crippen molar-refractivity contribution in [1.82, 2.24) is 0 Å². The van der Waals surface area contributed by atoms with Crippen molar-refractivity contribution in [3.05, 3.63) is 0 Å². The second-order valence-electron chi connectivity index (χ2n) is 6.67. The van der Waals surface area contributed by atoms with Gasteiger partial charge in [0.1, 0.15) is 0 Å². The summed E-state index contributed by atoms with van der Waals surface area (Å²) in [4.78, 5) is 0. The SMILES string of the molecule is CC(C)(C)C1OCCCOC1C(C)(C)C. The van der Waals surface area contributed by atoms with Crippen LogP contribution in [0.25, 0.3) is 0 Å². The van der Waals surface area contributed by atoms with Crippen LogP contribution in [0, 0.1) is 10.8 Å². The van der Waals surface area contributed by atoms with Gasteiger partial charge in [0.05, 0.1) is 12.2 Å². The number of rotatable bonds is 0. The molecule has 0 spiro atoms. The molecule has 1 saturated heterocycles. The minimum atomic E-state index is 0.141. The van der Waals surface area contributed by atoms with Gasteiger partial charge in [-0.25, -0.2) is 0 Å². The average molecular weight is 214 g/mol. The molecule has 1 aliphatic rings. The second kappa shape index (κ2) is 4.42. The molecule has 0 aromatic heterocycles. The predicted octanol–water partition coefficient (Wildman–Crippen LogP) is 3.25. The maximum Gasteiger partial charge on any atom is 0.0889 e. The van der Waals surface area contributed by atoms with E-state index < -0.39 is 0 Å². The van der Waals surface area contributed by atoms with E-state index >= 15 is 0 Å². The lowest BCUT2D eigenvalue weighted by Crippen LogP contribution is -2.47. The minimum Gasteiger partial charge on any atom is -0.375 e. The van der Waals surface area contributed by atoms with Crippen LogP contribution in [-0.4, -0.2) is 25.4 Å². The first-order valence-corrected chi connectivity index (χ1v) is 5.96. The first kappa shape index (κ1) is 13.0. The smallest absolute Gasteiger partial charge is 0.0889 e. The van der Waals surface area contributed by atoms with Crippen molar-refractivity contribution in [2.75, 3.05) is 13.2 Å². The first-order chi connectivity index (χ1) is 6.73. The summed E-state index contributed by atoms with van der Waals surface area (Å²) in [5.74, 6) is 0. The third kappa shape index (κ3) is 3.46. The molecule has 2 atom stereocenters. The van der Waals surface area contributed by atoms with Crippen molar-refractivity contribution in [1.29, 1.82) is 0 Å². The molecule has 0 aromatic carbocycles. The van der Waals surface area contributed by atoms with E-state index in [0.29, 0.717) is 0 Å². The molecular formula is C13H26O2. The summed E-state index contributed by atoms with van der Waals surface area (Å²) >= 11 is 0. The molecular weight excluding hydrogens is 188 g/mol. The molecule has 15 heavy (non-hydrogen) atoms. The van der Waals surface area contributed by atoms with Crippen LogP contribution in [0.15, 0.2) is 0 Å². The van der Waals surface area contributed by atoms with Crippen LogP contribution < -0.4 is 0 Å². The van der Waals surface area contributed by atoms with E-state index in [4.69, 9.17) is 9.47 Å². The van der Waals surface area contributed by atoms with Crippen LogP contribution >= 0.6 is 0 Å². The lowest BCUT2D eigenvalue weighted by molar-refractivity contribution is -0.127. The van der Waals surface area contributed by atoms with Gasteiger partial charge in [-0.1, -0.05) is 41.5 Å². The summed E-state index contributed by atoms with van der Waals surface area (Å²) in [6, 6.07) is 0. The van der Waals surface area contributed by atoms with E-state index in [0.717, 1.165) is 19.6 Å². The Hall–Kier alpha value is -0.0800. The molecule has 1 fully saturated rings. The maximum atomic E-state index is 5.98. The Morgan fingerprint density at radius 3 is 1.33 bits per heavy atom. The van der Waals surface area contributed by atoms with E-state index in [2.05, 4.69) is 41.5 Å². The molecule has 2 heteroatoms. The fourth-order valence-corrected chi connectivity index (χ4v) is 2.06. The average Bonchev–Trinajstić information content (AvgIpc) is 2.24. The molecule has 0 saturated carbocycles. The van der Waals surface area contributed by atoms with E-state index in [1.165, 1.54) is 0 Å². The second-order valence-corrected chi connectivity index (χ2v) is 6.67. The number of hydrogen-bond donors (Lipinski definition) is 0. The third-order valence-electron chi connectivity index (χ3n) is 2.87. The Balaban J connectivity index is 2.86. The molecule has 1 rings (SSSR count). The van der Waals surface area contributed by atoms with Crippen LogP contribution in [-0.2, 0) is 9.47 Å². The van der Waals surface area contributed by atoms with Gasteiger partial charge in [-0.2, -0.15) is 0 Å². The normalized spacial score (nSPS) is 30.0. The molecule has 2 nitrogen and oxygen atoms in total. The fourth-order valence-electron chi connectivity index (χ4n) is 2.06. The van der Waals surface area contributed by atoms with Crippen molar-refractivity contribution >= 4 is 0 Å². The van der Waals surface area contributed by atoms with Gasteiger partial charge >= 0.3 is 0 Å². The lowest BCUT2D eigenvalue weighted by Gasteiger charge is -2.41. The highest BCUT2D eigenvalue weighted by Gasteiger charge is 2.41. The van der Waals surface area contributed by atoms with E-state index in [9.17, 15) is 0 Å². The Morgan fingerprint density at radius 2 is 1.07 bits per heavy atom. The number of hydrogen-bond acceptors (Lipinski definition) is 2. The summed E-state index contributed by atoms with van der Waals surface area (Å²) in [6.07, 6.45) is 1.40. The Bertz CT molecular complexity index is 176. The summed E-state index contributed by atoms with van der Waals surface area (Å²) < 4.78 is 12.0. The van der Waals surface area contributed by atoms with Crippen molar-refractivity contribution in [2.45, 2.75) is 60.2 Å². The molecule has 0 aliphatic carbocycles. The zero-order valence-electron chi connectivity index (χ0n) is 11.1. The van der Waals surface area contributed by atoms with Crippen molar-refractivity contribution < 1.29 is 9.47 Å². The van der Waals surface area contributed by atoms with Gasteiger partial charge in [0.25, 0.3) is 0 Å². The summed E-state index contributed by atoms with van der Waals surface area (Å²) in [5, 5.41) is 0. The Labute approximate surface area is 94.3 Å². The van der Waals surface area contributed by atoms with E-state index in [-0.39, 0.29) is 23.0 Å². The molecule has 0 amide bonds. The van der Waals surface area contributed by atoms with Crippen LogP contribution in [0.4, 0.5) is 0 Å². The van der Waals surface area contributed by atoms with Gasteiger partial charge in [0.2, 0.25) is 0 Å². The molecule has 0 radical (unpaired) electrons. The predicted molar refractivity (Wildman–Crippen MR) is 63.0 cm³/mol. The lowest BCUT2D eigenvalue weighted by atomic mass is 9.76. The molecule has 1 aliphatic heterocycles. The van der Waals surface area contributed by atoms with Gasteiger partial charge in [-0.05, 0) is 17.3 Å². The molecule has 2 unspecified atom stereocenters. The monoisotopic (exact) mass is 214 g/mol. The summed E-state index contributed by atoms with van der Waals surface area (Å²) in [6.45, 7) is 15.0. The standard InChI is InChI=1S/C13H26O2/c1-12(2,3)10-11(13(4,5)6)15-9-7-8-14-10/h10-11H,7-9H2,1-6H3. The molecule has 0 aromatic rings. The van der Waals surface area contributed by atoms with Gasteiger partial charge < -0.3 is 9.47 Å². The van der Waals surface area contributed by atoms with E-state index in [1.54, 1.807) is 0 Å². The highest BCUT2D eigenvalue weighted by atomic mass is 16.6. The van der Waals surface area contributed by atoms with Crippen LogP contribution in [0.5, 0.6) is 0 Å². The van der Waals surface area contributed by atoms with Gasteiger partial charge in [0, 0.05) is 13.2 Å². The van der Waals surface area contributed by atoms with Crippen molar-refractivity contribution in [3.63, 3.8) is 0 Å². The Kier molecular flexibility index (Phi) is 3.83. The molecule has 1 heterocycles. The zero-order chi connectivity index (χ0) is 11.7. The maximum absolute atomic E-state index is 5.98.